The molecule has 1 fully saturated rings. The molecule has 0 aromatic carbocycles. The van der Waals surface area contributed by atoms with Crippen LogP contribution in [0.2, 0.25) is 0 Å². The maximum atomic E-state index is 11.8. The first-order valence-electron chi connectivity index (χ1n) is 7.16. The van der Waals surface area contributed by atoms with E-state index in [0.29, 0.717) is 12.6 Å². The van der Waals surface area contributed by atoms with Crippen LogP contribution in [0, 0.1) is 0 Å². The molecule has 0 aromatic rings. The van der Waals surface area contributed by atoms with Gasteiger partial charge in [0.25, 0.3) is 0 Å². The predicted molar refractivity (Wildman–Crippen MR) is 77.2 cm³/mol. The Morgan fingerprint density at radius 1 is 1.42 bits per heavy atom. The van der Waals surface area contributed by atoms with Crippen molar-refractivity contribution in [3.8, 4) is 0 Å². The molecule has 0 amide bonds. The minimum absolute atomic E-state index is 0.173. The van der Waals surface area contributed by atoms with Crippen molar-refractivity contribution in [2.45, 2.75) is 44.8 Å². The van der Waals surface area contributed by atoms with E-state index in [4.69, 9.17) is 4.74 Å². The zero-order valence-corrected chi connectivity index (χ0v) is 13.0. The van der Waals surface area contributed by atoms with Gasteiger partial charge < -0.3 is 19.9 Å². The van der Waals surface area contributed by atoms with E-state index in [2.05, 4.69) is 29.2 Å². The maximum absolute atomic E-state index is 11.8. The molecule has 5 nitrogen and oxygen atoms in total. The van der Waals surface area contributed by atoms with Gasteiger partial charge in [0.05, 0.1) is 7.11 Å². The molecule has 0 bridgehead atoms. The van der Waals surface area contributed by atoms with Gasteiger partial charge in [-0.25, -0.2) is 0 Å². The number of methoxy groups -OCH3 is 1. The molecule has 5 heteroatoms. The van der Waals surface area contributed by atoms with Crippen LogP contribution in [0.15, 0.2) is 0 Å². The van der Waals surface area contributed by atoms with E-state index < -0.39 is 0 Å². The van der Waals surface area contributed by atoms with Crippen LogP contribution in [0.5, 0.6) is 0 Å². The molecule has 0 radical (unpaired) electrons. The van der Waals surface area contributed by atoms with Gasteiger partial charge in [0.15, 0.2) is 0 Å². The number of hydrogen-bond acceptors (Lipinski definition) is 5. The second-order valence-corrected chi connectivity index (χ2v) is 5.87. The van der Waals surface area contributed by atoms with Crippen LogP contribution < -0.4 is 5.32 Å². The first kappa shape index (κ1) is 16.4. The molecule has 0 saturated carbocycles. The Labute approximate surface area is 117 Å². The van der Waals surface area contributed by atoms with Crippen LogP contribution in [0.25, 0.3) is 0 Å². The van der Waals surface area contributed by atoms with Crippen molar-refractivity contribution >= 4 is 5.97 Å². The summed E-state index contributed by atoms with van der Waals surface area (Å²) in [5, 5.41) is 3.28. The molecule has 1 atom stereocenters. The normalized spacial score (nSPS) is 19.9. The monoisotopic (exact) mass is 271 g/mol. The first-order chi connectivity index (χ1) is 8.93. The van der Waals surface area contributed by atoms with Gasteiger partial charge in [-0.15, -0.1) is 0 Å². The zero-order chi connectivity index (χ0) is 14.4. The fourth-order valence-corrected chi connectivity index (χ4v) is 2.61. The highest BCUT2D eigenvalue weighted by Crippen LogP contribution is 2.14. The van der Waals surface area contributed by atoms with E-state index in [1.54, 1.807) is 0 Å². The van der Waals surface area contributed by atoms with Crippen molar-refractivity contribution in [1.29, 1.82) is 0 Å². The average Bonchev–Trinajstić information content (AvgIpc) is 2.37. The van der Waals surface area contributed by atoms with Crippen molar-refractivity contribution in [3.05, 3.63) is 0 Å². The summed E-state index contributed by atoms with van der Waals surface area (Å²) in [5.74, 6) is -0.173. The van der Waals surface area contributed by atoms with Crippen LogP contribution in [0.3, 0.4) is 0 Å². The van der Waals surface area contributed by atoms with Gasteiger partial charge in [-0.05, 0) is 40.0 Å². The lowest BCUT2D eigenvalue weighted by atomic mass is 10.0. The number of ether oxygens (including phenoxy) is 1. The van der Waals surface area contributed by atoms with Gasteiger partial charge in [0.2, 0.25) is 0 Å². The average molecular weight is 271 g/mol. The molecule has 1 aliphatic heterocycles. The molecule has 112 valence electrons. The Hall–Kier alpha value is -0.650. The Balaban J connectivity index is 2.50. The smallest absolute Gasteiger partial charge is 0.324 e. The van der Waals surface area contributed by atoms with E-state index in [-0.39, 0.29) is 18.1 Å². The molecule has 1 rings (SSSR count). The molecule has 1 heterocycles. The van der Waals surface area contributed by atoms with Gasteiger partial charge >= 0.3 is 5.97 Å². The Kier molecular flexibility index (Phi) is 6.75. The van der Waals surface area contributed by atoms with Crippen molar-refractivity contribution in [3.63, 3.8) is 0 Å². The third-order valence-corrected chi connectivity index (χ3v) is 3.80. The number of likely N-dealkylation sites (N-methyl/N-ethyl adjacent to an activating group) is 1. The summed E-state index contributed by atoms with van der Waals surface area (Å²) in [7, 11) is 5.72. The molecule has 0 aliphatic carbocycles. The predicted octanol–water partition coefficient (Wildman–Crippen LogP) is 0.552. The lowest BCUT2D eigenvalue weighted by Gasteiger charge is -2.36. The molecule has 1 unspecified atom stereocenters. The molecule has 1 aliphatic rings. The minimum atomic E-state index is -0.241. The molecule has 1 N–H and O–H groups in total. The first-order valence-corrected chi connectivity index (χ1v) is 7.16. The van der Waals surface area contributed by atoms with Crippen molar-refractivity contribution < 1.29 is 9.53 Å². The number of likely N-dealkylation sites (tertiary alicyclic amines) is 1. The summed E-state index contributed by atoms with van der Waals surface area (Å²) < 4.78 is 4.88. The van der Waals surface area contributed by atoms with E-state index in [9.17, 15) is 4.79 Å². The zero-order valence-electron chi connectivity index (χ0n) is 13.0. The van der Waals surface area contributed by atoms with Crippen molar-refractivity contribution in [1.82, 2.24) is 15.1 Å². The quantitative estimate of drug-likeness (QED) is 0.715. The minimum Gasteiger partial charge on any atom is -0.468 e. The molecule has 0 aromatic heterocycles. The van der Waals surface area contributed by atoms with Crippen LogP contribution in [-0.2, 0) is 9.53 Å². The molecule has 0 spiro atoms. The lowest BCUT2D eigenvalue weighted by Crippen LogP contribution is -2.52. The topological polar surface area (TPSA) is 44.8 Å². The largest absolute Gasteiger partial charge is 0.468 e. The number of carbonyl (C=O) groups excluding carboxylic acids is 1. The SMILES string of the molecule is COC(=O)C(CN(C)C1CCN(C)CC1)NC(C)C. The van der Waals surface area contributed by atoms with Crippen LogP contribution >= 0.6 is 0 Å². The van der Waals surface area contributed by atoms with Gasteiger partial charge in [0, 0.05) is 18.6 Å². The molecular weight excluding hydrogens is 242 g/mol. The van der Waals surface area contributed by atoms with Gasteiger partial charge in [-0.1, -0.05) is 13.8 Å². The fourth-order valence-electron chi connectivity index (χ4n) is 2.61. The summed E-state index contributed by atoms with van der Waals surface area (Å²) in [5.41, 5.74) is 0. The third-order valence-electron chi connectivity index (χ3n) is 3.80. The highest BCUT2D eigenvalue weighted by Gasteiger charge is 2.26. The van der Waals surface area contributed by atoms with Gasteiger partial charge in [-0.3, -0.25) is 4.79 Å². The Bertz CT molecular complexity index is 276. The molecule has 1 saturated heterocycles. The van der Waals surface area contributed by atoms with Crippen LogP contribution in [0.4, 0.5) is 0 Å². The van der Waals surface area contributed by atoms with Crippen molar-refractivity contribution in [2.75, 3.05) is 40.8 Å². The van der Waals surface area contributed by atoms with E-state index in [1.807, 2.05) is 13.8 Å². The summed E-state index contributed by atoms with van der Waals surface area (Å²) in [4.78, 5) is 16.4. The highest BCUT2D eigenvalue weighted by atomic mass is 16.5. The summed E-state index contributed by atoms with van der Waals surface area (Å²) in [6, 6.07) is 0.599. The third kappa shape index (κ3) is 5.47. The fraction of sp³-hybridized carbons (Fsp3) is 0.929. The number of carbonyl (C=O) groups is 1. The second-order valence-electron chi connectivity index (χ2n) is 5.87. The Morgan fingerprint density at radius 2 is 2.00 bits per heavy atom. The van der Waals surface area contributed by atoms with E-state index in [1.165, 1.54) is 20.0 Å². The summed E-state index contributed by atoms with van der Waals surface area (Å²) in [6.45, 7) is 7.07. The Morgan fingerprint density at radius 3 is 2.47 bits per heavy atom. The van der Waals surface area contributed by atoms with Crippen LogP contribution in [-0.4, -0.2) is 74.7 Å². The van der Waals surface area contributed by atoms with Gasteiger partial charge in [0.1, 0.15) is 6.04 Å². The number of nitrogens with zero attached hydrogens (tertiary/aromatic N) is 2. The van der Waals surface area contributed by atoms with E-state index >= 15 is 0 Å². The molecule has 19 heavy (non-hydrogen) atoms. The summed E-state index contributed by atoms with van der Waals surface area (Å²) >= 11 is 0. The number of nitrogens with one attached hydrogen (secondary N) is 1. The lowest BCUT2D eigenvalue weighted by molar-refractivity contribution is -0.144. The summed E-state index contributed by atoms with van der Waals surface area (Å²) in [6.07, 6.45) is 2.34. The van der Waals surface area contributed by atoms with Crippen LogP contribution in [0.1, 0.15) is 26.7 Å². The van der Waals surface area contributed by atoms with Gasteiger partial charge in [-0.2, -0.15) is 0 Å². The molecular formula is C14H29N3O2. The van der Waals surface area contributed by atoms with Crippen molar-refractivity contribution in [2.24, 2.45) is 0 Å². The number of piperidine rings is 1. The maximum Gasteiger partial charge on any atom is 0.324 e. The van der Waals surface area contributed by atoms with E-state index in [0.717, 1.165) is 13.1 Å². The highest BCUT2D eigenvalue weighted by molar-refractivity contribution is 5.76. The second kappa shape index (κ2) is 7.82. The number of esters is 1. The number of rotatable bonds is 6. The standard InChI is InChI=1S/C14H29N3O2/c1-11(2)15-13(14(18)19-5)10-17(4)12-6-8-16(3)9-7-12/h11-13,15H,6-10H2,1-5H3. The number of hydrogen-bond donors (Lipinski definition) is 1.